The zero-order chi connectivity index (χ0) is 16.7. The van der Waals surface area contributed by atoms with Crippen LogP contribution in [0.25, 0.3) is 26.9 Å². The number of nitrogens with zero attached hydrogens (tertiary/aromatic N) is 2. The number of fused-ring (bicyclic) bond motifs is 1. The van der Waals surface area contributed by atoms with Gasteiger partial charge in [-0.2, -0.15) is 4.57 Å². The van der Waals surface area contributed by atoms with Crippen molar-refractivity contribution in [1.82, 2.24) is 0 Å². The Bertz CT molecular complexity index is 985. The minimum atomic E-state index is 0.336. The van der Waals surface area contributed by atoms with E-state index in [0.717, 1.165) is 33.3 Å². The molecule has 2 nitrogen and oxygen atoms in total. The summed E-state index contributed by atoms with van der Waals surface area (Å²) in [6.45, 7) is 11.1. The van der Waals surface area contributed by atoms with Gasteiger partial charge >= 0.3 is 0 Å². The van der Waals surface area contributed by atoms with Gasteiger partial charge in [-0.15, -0.1) is 0 Å². The highest BCUT2D eigenvalue weighted by Crippen LogP contribution is 2.30. The largest absolute Gasteiger partial charge is 0.238 e. The van der Waals surface area contributed by atoms with Gasteiger partial charge in [0.15, 0.2) is 11.4 Å². The van der Waals surface area contributed by atoms with Gasteiger partial charge in [0.05, 0.1) is 14.7 Å². The fourth-order valence-electron chi connectivity index (χ4n) is 2.67. The molecule has 0 unspecified atom stereocenters. The topological polar surface area (TPSA) is 8.24 Å². The number of hydrogen-bond donors (Lipinski definition) is 0. The molecule has 2 aromatic carbocycles. The minimum Gasteiger partial charge on any atom is -0.238 e. The third kappa shape index (κ3) is 2.17. The Morgan fingerprint density at radius 1 is 1.19 bits per heavy atom. The first-order valence-electron chi connectivity index (χ1n) is 7.81. The summed E-state index contributed by atoms with van der Waals surface area (Å²) in [5.41, 5.74) is 4.42. The maximum Gasteiger partial charge on any atom is 0.220 e. The summed E-state index contributed by atoms with van der Waals surface area (Å²) in [6, 6.07) is 11.8. The van der Waals surface area contributed by atoms with Gasteiger partial charge in [-0.05, 0) is 30.0 Å². The fourth-order valence-corrected chi connectivity index (χ4v) is 2.67. The molecule has 102 valence electrons. The van der Waals surface area contributed by atoms with Crippen LogP contribution in [0.1, 0.15) is 14.0 Å². The zero-order valence-corrected chi connectivity index (χ0v) is 12.4. The Hall–Kier alpha value is -2.66. The third-order valence-electron chi connectivity index (χ3n) is 3.91. The maximum absolute atomic E-state index is 8.08. The van der Waals surface area contributed by atoms with Crippen molar-refractivity contribution in [2.75, 3.05) is 0 Å². The average Bonchev–Trinajstić information content (AvgIpc) is 2.52. The molecule has 0 saturated heterocycles. The molecule has 3 rings (SSSR count). The zero-order valence-electron chi connectivity index (χ0n) is 14.4. The number of rotatable bonds is 1. The average molecular weight is 275 g/mol. The second kappa shape index (κ2) is 5.03. The van der Waals surface area contributed by atoms with Crippen LogP contribution < -0.4 is 4.57 Å². The van der Waals surface area contributed by atoms with E-state index in [0.29, 0.717) is 17.8 Å². The van der Waals surface area contributed by atoms with Gasteiger partial charge in [0.25, 0.3) is 0 Å². The van der Waals surface area contributed by atoms with E-state index < -0.39 is 0 Å². The van der Waals surface area contributed by atoms with Gasteiger partial charge < -0.3 is 0 Å². The Kier molecular flexibility index (Phi) is 2.65. The van der Waals surface area contributed by atoms with Crippen molar-refractivity contribution in [2.45, 2.75) is 13.8 Å². The Balaban J connectivity index is 2.46. The van der Waals surface area contributed by atoms with Crippen molar-refractivity contribution in [1.29, 1.82) is 0 Å². The lowest BCUT2D eigenvalue weighted by atomic mass is 9.98. The molecule has 0 bridgehead atoms. The smallest absolute Gasteiger partial charge is 0.220 e. The number of hydrogen-bond acceptors (Lipinski definition) is 0. The molecule has 0 aliphatic heterocycles. The highest BCUT2D eigenvalue weighted by molar-refractivity contribution is 5.95. The molecule has 0 spiro atoms. The van der Waals surface area contributed by atoms with E-state index in [1.807, 2.05) is 45.2 Å². The van der Waals surface area contributed by atoms with Crippen LogP contribution in [0.15, 0.2) is 48.5 Å². The summed E-state index contributed by atoms with van der Waals surface area (Å²) in [4.78, 5) is 3.50. The van der Waals surface area contributed by atoms with Crippen molar-refractivity contribution in [3.8, 4) is 11.3 Å². The molecule has 0 atom stereocenters. The van der Waals surface area contributed by atoms with Gasteiger partial charge in [-0.1, -0.05) is 30.3 Å². The lowest BCUT2D eigenvalue weighted by Crippen LogP contribution is -2.35. The van der Waals surface area contributed by atoms with Gasteiger partial charge in [0, 0.05) is 18.6 Å². The van der Waals surface area contributed by atoms with E-state index >= 15 is 0 Å². The molecule has 0 N–H and O–H groups in total. The molecule has 1 aromatic heterocycles. The van der Waals surface area contributed by atoms with E-state index in [1.54, 1.807) is 6.07 Å². The second-order valence-corrected chi connectivity index (χ2v) is 5.22. The molecule has 0 aliphatic carbocycles. The summed E-state index contributed by atoms with van der Waals surface area (Å²) in [5.74, 6) is 0. The maximum atomic E-state index is 8.08. The molecule has 0 radical (unpaired) electrons. The molecule has 0 amide bonds. The van der Waals surface area contributed by atoms with E-state index in [9.17, 15) is 0 Å². The first-order chi connectivity index (χ1) is 10.9. The highest BCUT2D eigenvalue weighted by atomic mass is 14.9. The minimum absolute atomic E-state index is 0.336. The lowest BCUT2D eigenvalue weighted by molar-refractivity contribution is -0.665. The predicted octanol–water partition coefficient (Wildman–Crippen LogP) is 4.50. The number of benzene rings is 2. The lowest BCUT2D eigenvalue weighted by Gasteiger charge is -2.10. The molecular weight excluding hydrogens is 256 g/mol. The van der Waals surface area contributed by atoms with E-state index in [4.69, 9.17) is 9.31 Å². The summed E-state index contributed by atoms with van der Waals surface area (Å²) < 4.78 is 18.1. The molecular formula is C19H17N2+. The van der Waals surface area contributed by atoms with Gasteiger partial charge in [-0.3, -0.25) is 0 Å². The van der Waals surface area contributed by atoms with Gasteiger partial charge in [0.1, 0.15) is 7.05 Å². The van der Waals surface area contributed by atoms with Crippen LogP contribution in [-0.4, -0.2) is 0 Å². The van der Waals surface area contributed by atoms with Crippen LogP contribution in [-0.2, 0) is 7.05 Å². The Morgan fingerprint density at radius 3 is 2.76 bits per heavy atom. The van der Waals surface area contributed by atoms with Crippen LogP contribution in [0, 0.1) is 20.4 Å². The van der Waals surface area contributed by atoms with Crippen molar-refractivity contribution >= 4 is 16.5 Å². The molecule has 0 fully saturated rings. The molecule has 0 saturated carbocycles. The van der Waals surface area contributed by atoms with Crippen molar-refractivity contribution in [3.63, 3.8) is 0 Å². The first-order valence-corrected chi connectivity index (χ1v) is 6.81. The van der Waals surface area contributed by atoms with Crippen molar-refractivity contribution in [3.05, 3.63) is 71.2 Å². The summed E-state index contributed by atoms with van der Waals surface area (Å²) >= 11 is 0. The monoisotopic (exact) mass is 275 g/mol. The third-order valence-corrected chi connectivity index (χ3v) is 3.91. The van der Waals surface area contributed by atoms with Crippen LogP contribution in [0.4, 0.5) is 5.69 Å². The fraction of sp³-hybridized carbons (Fsp3) is 0.158. The van der Waals surface area contributed by atoms with E-state index in [-0.39, 0.29) is 0 Å². The normalized spacial score (nSPS) is 11.9. The van der Waals surface area contributed by atoms with Gasteiger partial charge in [-0.25, -0.2) is 4.85 Å². The van der Waals surface area contributed by atoms with Crippen LogP contribution in [0.5, 0.6) is 0 Å². The van der Waals surface area contributed by atoms with Crippen molar-refractivity contribution < 1.29 is 7.31 Å². The standard InChI is InChI=1S/C19H17N2/c1-13-7-5-6-8-17(13)19-18-10-9-16(20-3)12-15(18)11-14(2)21(19)4/h5-12H,1-2,4H3/q+1/i6D,7D. The Labute approximate surface area is 127 Å². The molecule has 3 aromatic rings. The number of pyridine rings is 1. The SMILES string of the molecule is [2H]c1cc([2H])c(C)c(-c2c3ccc([N+]#[C-])cc3cc(C)[n+]2C)c1. The quantitative estimate of drug-likeness (QED) is 0.456. The van der Waals surface area contributed by atoms with E-state index in [2.05, 4.69) is 15.5 Å². The molecule has 2 heteroatoms. The highest BCUT2D eigenvalue weighted by Gasteiger charge is 2.19. The molecule has 1 heterocycles. The second-order valence-electron chi connectivity index (χ2n) is 5.22. The van der Waals surface area contributed by atoms with Crippen LogP contribution >= 0.6 is 0 Å². The number of aromatic nitrogens is 1. The van der Waals surface area contributed by atoms with E-state index in [1.165, 1.54) is 0 Å². The summed E-state index contributed by atoms with van der Waals surface area (Å²) in [7, 11) is 1.99. The van der Waals surface area contributed by atoms with Gasteiger partial charge in [0.2, 0.25) is 5.69 Å². The van der Waals surface area contributed by atoms with Crippen LogP contribution in [0.3, 0.4) is 0 Å². The molecule has 0 aliphatic rings. The predicted molar refractivity (Wildman–Crippen MR) is 86.3 cm³/mol. The molecule has 21 heavy (non-hydrogen) atoms. The number of aryl methyl sites for hydroxylation is 1. The first kappa shape index (κ1) is 11.0. The van der Waals surface area contributed by atoms with Crippen molar-refractivity contribution in [2.24, 2.45) is 7.05 Å². The summed E-state index contributed by atoms with van der Waals surface area (Å²) in [6.07, 6.45) is 0. The Morgan fingerprint density at radius 2 is 2.00 bits per heavy atom. The summed E-state index contributed by atoms with van der Waals surface area (Å²) in [5, 5.41) is 2.03. The van der Waals surface area contributed by atoms with Crippen LogP contribution in [0.2, 0.25) is 0 Å².